The maximum atomic E-state index is 13.4. The summed E-state index contributed by atoms with van der Waals surface area (Å²) in [6.07, 6.45) is -86.5. The van der Waals surface area contributed by atoms with Crippen molar-refractivity contribution in [2.75, 3.05) is 13.2 Å². The summed E-state index contributed by atoms with van der Waals surface area (Å²) in [7, 11) is -48.2. The van der Waals surface area contributed by atoms with Crippen LogP contribution in [0.2, 0.25) is 0 Å². The Balaban J connectivity index is 1.38. The third-order valence-corrected chi connectivity index (χ3v) is 17.1. The average Bonchev–Trinajstić information content (AvgIpc) is 0.761. The van der Waals surface area contributed by atoms with Gasteiger partial charge in [0.25, 0.3) is 0 Å². The maximum Gasteiger partial charge on any atom is 0.449 e. The molecular weight excluding hydrogens is 1620 g/mol. The zero-order valence-electron chi connectivity index (χ0n) is 48.3. The van der Waals surface area contributed by atoms with Gasteiger partial charge in [-0.15, -0.1) is 0 Å². The Labute approximate surface area is 566 Å². The maximum absolute atomic E-state index is 13.4. The van der Waals surface area contributed by atoms with Crippen LogP contribution in [-0.2, 0) is 188 Å². The summed E-state index contributed by atoms with van der Waals surface area (Å²) in [6, 6.07) is 0. The lowest BCUT2D eigenvalue weighted by Crippen LogP contribution is -2.69. The number of rotatable bonds is 31. The molecule has 592 valence electrons. The van der Waals surface area contributed by atoms with Gasteiger partial charge in [0.15, 0.2) is 80.3 Å². The minimum absolute atomic E-state index is 0.132. The molecule has 6 aliphatic heterocycles. The van der Waals surface area contributed by atoms with Crippen molar-refractivity contribution in [2.45, 2.75) is 172 Å². The molecule has 0 aromatic rings. The quantitative estimate of drug-likeness (QED) is 0.0287. The van der Waals surface area contributed by atoms with E-state index in [1.165, 1.54) is 0 Å². The standard InChI is InChI=1S/C36H52O58S8/c37-4-1-5(27(44)45)79-33(14(4)89-97(58,59)60)85-19-13(43)23(93-101(70,71)72)36(88-26(19)31(51)94-102(73,74)75)84-18-12(42)22(92-100(67,68)69)35(87-25(18)29(48)49)82-16-7(3-77-96(55,56)57)80-34(21(11(16)41)91-99(64,65)66)83-17-8(38)9(39)32(86-24(17)28(46)47)81-15-6(2-76-95(52,53)54)78-30(50)20(10(15)40)90-98(61,62)63/h1,4,6-26,30,32-43,50H,2-3H2,(H,44,45)(H,46,47)(H,48,49)(H,52,53,54)(H,55,56,57)(H,58,59,60)(H,61,62,63)(H,64,65,66)(H,67,68,69)(H,70,71,72)(H,73,74,75)/t4-,6+,7+,8+,9+,10-,11-,12-,13-,14+,15+,16+,17-,18-,19-,20+,21+,22+,23+,24-,25-,26-,30+,32+,33-,34-,35+,36+/m0/s1. The molecule has 6 aliphatic rings. The highest BCUT2D eigenvalue weighted by Gasteiger charge is 2.62. The first-order chi connectivity index (χ1) is 46.2. The van der Waals surface area contributed by atoms with Gasteiger partial charge in [0.2, 0.25) is 12.0 Å². The second-order valence-corrected chi connectivity index (χ2v) is 29.0. The van der Waals surface area contributed by atoms with Gasteiger partial charge in [0, 0.05) is 0 Å². The van der Waals surface area contributed by atoms with E-state index in [-0.39, 0.29) is 6.08 Å². The molecule has 5 saturated heterocycles. The molecule has 0 aromatic carbocycles. The van der Waals surface area contributed by atoms with Gasteiger partial charge in [0.1, 0.15) is 85.5 Å². The molecule has 28 atom stereocenters. The van der Waals surface area contributed by atoms with Crippen molar-refractivity contribution in [1.29, 1.82) is 0 Å². The summed E-state index contributed by atoms with van der Waals surface area (Å²) in [5, 5.41) is 120. The number of carboxylic acids is 3. The normalized spacial score (nSPS) is 38.6. The van der Waals surface area contributed by atoms with Gasteiger partial charge >= 0.3 is 107 Å². The van der Waals surface area contributed by atoms with Crippen LogP contribution in [0.3, 0.4) is 0 Å². The van der Waals surface area contributed by atoms with E-state index >= 15 is 0 Å². The lowest BCUT2D eigenvalue weighted by Gasteiger charge is -2.49. The monoisotopic (exact) mass is 1670 g/mol. The largest absolute Gasteiger partial charge is 0.479 e. The Kier molecular flexibility index (Phi) is 27.7. The number of carboxylic acid groups (broad SMARTS) is 3. The minimum Gasteiger partial charge on any atom is -0.479 e. The summed E-state index contributed by atoms with van der Waals surface area (Å²) < 4.78 is 357. The minimum atomic E-state index is -6.36. The van der Waals surface area contributed by atoms with Crippen LogP contribution in [0.25, 0.3) is 0 Å². The third-order valence-electron chi connectivity index (χ3n) is 13.5. The fourth-order valence-electron chi connectivity index (χ4n) is 9.70. The number of carbonyl (C=O) groups excluding carboxylic acids is 1. The Morgan fingerprint density at radius 3 is 1.07 bits per heavy atom. The zero-order valence-corrected chi connectivity index (χ0v) is 54.9. The molecule has 58 nitrogen and oxygen atoms in total. The SMILES string of the molecule is O=C(O)C1=C[C@H](O)[C@@H](OS(=O)(=O)O)[C@H](O[C@H]2[C@H](O)[C@@H](OS(=O)(=O)O)[C@H](O[C@H]3[C@H](O)[C@@H](OS(=O)(=O)O)[C@H](O[C@H]4[C@H](O)[C@@H](OS(=O)(=O)O)[C@H](O[C@H]5[C@H](O)[C@@H](O)[C@H](O[C@H]6[C@H](O)[C@@H](OS(=O)(=O)O)[C@H](O)O[C@@H]6COS(=O)(=O)O)O[C@@H]5C(=O)O)O[C@@H]4COS(=O)(=O)O)O[C@@H]3C(=O)O)O[C@@H]2C(=O)OS(=O)(=O)O)O1. The Morgan fingerprint density at radius 2 is 0.667 bits per heavy atom. The molecule has 5 fully saturated rings. The van der Waals surface area contributed by atoms with Crippen molar-refractivity contribution in [1.82, 2.24) is 0 Å². The first-order valence-corrected chi connectivity index (χ1v) is 36.9. The molecular formula is C36H52O58S8. The lowest BCUT2D eigenvalue weighted by atomic mass is 9.95. The van der Waals surface area contributed by atoms with Crippen molar-refractivity contribution < 1.29 is 265 Å². The third kappa shape index (κ3) is 23.8. The molecule has 19 N–H and O–H groups in total. The Bertz CT molecular complexity index is 4010. The number of aliphatic carboxylic acids is 3. The number of ether oxygens (including phenoxy) is 11. The molecule has 0 radical (unpaired) electrons. The highest BCUT2D eigenvalue weighted by Crippen LogP contribution is 2.40. The topological polar surface area (TPSA) is 901 Å². The Hall–Kier alpha value is -4.30. The van der Waals surface area contributed by atoms with Gasteiger partial charge in [-0.25, -0.2) is 48.5 Å². The fourth-order valence-corrected chi connectivity index (χ4v) is 13.0. The van der Waals surface area contributed by atoms with Gasteiger partial charge in [-0.05, 0) is 6.08 Å². The van der Waals surface area contributed by atoms with Crippen LogP contribution in [-0.4, -0.2) is 369 Å². The van der Waals surface area contributed by atoms with Crippen LogP contribution >= 0.6 is 0 Å². The number of hydrogen-bond acceptors (Lipinski definition) is 47. The smallest absolute Gasteiger partial charge is 0.449 e. The van der Waals surface area contributed by atoms with Crippen molar-refractivity contribution in [3.8, 4) is 0 Å². The van der Waals surface area contributed by atoms with E-state index in [0.29, 0.717) is 0 Å². The highest BCUT2D eigenvalue weighted by molar-refractivity contribution is 7.82. The molecule has 0 bridgehead atoms. The molecule has 6 heterocycles. The van der Waals surface area contributed by atoms with E-state index in [1.54, 1.807) is 0 Å². The molecule has 0 spiro atoms. The van der Waals surface area contributed by atoms with Gasteiger partial charge in [-0.3, -0.25) is 36.4 Å². The summed E-state index contributed by atoms with van der Waals surface area (Å²) in [6.45, 7) is -3.58. The summed E-state index contributed by atoms with van der Waals surface area (Å²) >= 11 is 0. The van der Waals surface area contributed by atoms with Crippen LogP contribution in [0.4, 0.5) is 0 Å². The van der Waals surface area contributed by atoms with Crippen molar-refractivity contribution in [3.63, 3.8) is 0 Å². The molecule has 6 rings (SSSR count). The first-order valence-electron chi connectivity index (χ1n) is 26.0. The van der Waals surface area contributed by atoms with E-state index in [9.17, 15) is 175 Å². The molecule has 0 aromatic heterocycles. The number of aliphatic hydroxyl groups excluding tert-OH is 8. The van der Waals surface area contributed by atoms with Gasteiger partial charge in [-0.1, -0.05) is 0 Å². The molecule has 102 heavy (non-hydrogen) atoms. The van der Waals surface area contributed by atoms with Crippen molar-refractivity contribution in [3.05, 3.63) is 11.8 Å². The average molecular weight is 1670 g/mol. The Morgan fingerprint density at radius 1 is 0.343 bits per heavy atom. The van der Waals surface area contributed by atoms with E-state index in [2.05, 4.69) is 33.5 Å². The molecule has 0 amide bonds. The van der Waals surface area contributed by atoms with E-state index in [4.69, 9.17) is 56.7 Å². The highest BCUT2D eigenvalue weighted by atomic mass is 32.3. The number of aliphatic hydroxyl groups is 8. The predicted octanol–water partition coefficient (Wildman–Crippen LogP) is -14.5. The van der Waals surface area contributed by atoms with E-state index < -0.39 is 298 Å². The fraction of sp³-hybridized carbons (Fsp3) is 0.833. The van der Waals surface area contributed by atoms with E-state index in [0.717, 1.165) is 0 Å². The second kappa shape index (κ2) is 32.6. The van der Waals surface area contributed by atoms with Crippen LogP contribution < -0.4 is 0 Å². The second-order valence-electron chi connectivity index (χ2n) is 20.5. The molecule has 0 aliphatic carbocycles. The summed E-state index contributed by atoms with van der Waals surface area (Å²) in [5.74, 6) is -11.5. The van der Waals surface area contributed by atoms with Gasteiger partial charge < -0.3 is 112 Å². The summed E-state index contributed by atoms with van der Waals surface area (Å²) in [5.41, 5.74) is 0. The van der Waals surface area contributed by atoms with Crippen LogP contribution in [0, 0.1) is 0 Å². The molecule has 0 saturated carbocycles. The van der Waals surface area contributed by atoms with Crippen molar-refractivity contribution >= 4 is 107 Å². The zero-order chi connectivity index (χ0) is 77.6. The van der Waals surface area contributed by atoms with Crippen LogP contribution in [0.5, 0.6) is 0 Å². The number of carbonyl (C=O) groups is 4. The van der Waals surface area contributed by atoms with Crippen LogP contribution in [0.15, 0.2) is 11.8 Å². The van der Waals surface area contributed by atoms with E-state index in [1.807, 2.05) is 0 Å². The van der Waals surface area contributed by atoms with Gasteiger partial charge in [-0.2, -0.15) is 67.3 Å². The first kappa shape index (κ1) is 86.6. The molecule has 0 unspecified atom stereocenters. The number of hydrogen-bond donors (Lipinski definition) is 19. The summed E-state index contributed by atoms with van der Waals surface area (Å²) in [4.78, 5) is 51.1. The lowest BCUT2D eigenvalue weighted by molar-refractivity contribution is -0.384. The molecule has 66 heteroatoms. The van der Waals surface area contributed by atoms with Gasteiger partial charge in [0.05, 0.1) is 13.2 Å². The predicted molar refractivity (Wildman–Crippen MR) is 283 cm³/mol. The van der Waals surface area contributed by atoms with Crippen molar-refractivity contribution in [2.24, 2.45) is 0 Å². The van der Waals surface area contributed by atoms with Crippen LogP contribution in [0.1, 0.15) is 0 Å².